The molecule has 0 aromatic rings. The first-order valence-electron chi connectivity index (χ1n) is 10.1. The van der Waals surface area contributed by atoms with E-state index in [1.54, 1.807) is 7.05 Å². The molecule has 8 heteroatoms. The average molecular weight is 511 g/mol. The van der Waals surface area contributed by atoms with Gasteiger partial charge in [-0.3, -0.25) is 9.89 Å². The average Bonchev–Trinajstić information content (AvgIpc) is 2.53. The zero-order valence-electron chi connectivity index (χ0n) is 19.1. The number of halogens is 1. The first kappa shape index (κ1) is 27.2. The van der Waals surface area contributed by atoms with E-state index in [0.717, 1.165) is 25.6 Å². The van der Waals surface area contributed by atoms with E-state index in [4.69, 9.17) is 4.74 Å². The van der Waals surface area contributed by atoms with Gasteiger partial charge in [-0.25, -0.2) is 4.79 Å². The number of hydrogen-bond donors (Lipinski definition) is 3. The van der Waals surface area contributed by atoms with Crippen LogP contribution in [0.3, 0.4) is 0 Å². The van der Waals surface area contributed by atoms with Gasteiger partial charge in [-0.1, -0.05) is 6.42 Å². The number of carbonyl (C=O) groups excluding carboxylic acids is 1. The Balaban J connectivity index is 0.00000729. The standard InChI is InChI=1S/C20H41N5O2.HI/c1-18(2,3)27-17(26)24-19(4,5)14-22-16(21-8)23-15-20(6,7)25-12-10-9-11-13-25;/h9-15H2,1-8H3,(H,24,26)(H2,21,22,23);1H. The van der Waals surface area contributed by atoms with Crippen molar-refractivity contribution in [1.82, 2.24) is 20.9 Å². The van der Waals surface area contributed by atoms with E-state index in [-0.39, 0.29) is 29.5 Å². The number of amides is 1. The maximum atomic E-state index is 12.0. The highest BCUT2D eigenvalue weighted by Crippen LogP contribution is 2.19. The molecule has 28 heavy (non-hydrogen) atoms. The maximum absolute atomic E-state index is 12.0. The summed E-state index contributed by atoms with van der Waals surface area (Å²) in [6.07, 6.45) is 3.48. The Hall–Kier alpha value is -0.770. The zero-order valence-corrected chi connectivity index (χ0v) is 21.4. The third-order valence-electron chi connectivity index (χ3n) is 4.66. The van der Waals surface area contributed by atoms with Gasteiger partial charge in [0.15, 0.2) is 5.96 Å². The van der Waals surface area contributed by atoms with Crippen molar-refractivity contribution >= 4 is 36.0 Å². The molecule has 166 valence electrons. The fourth-order valence-electron chi connectivity index (χ4n) is 3.06. The van der Waals surface area contributed by atoms with Crippen LogP contribution in [0, 0.1) is 0 Å². The van der Waals surface area contributed by atoms with Crippen molar-refractivity contribution < 1.29 is 9.53 Å². The predicted molar refractivity (Wildman–Crippen MR) is 128 cm³/mol. The third kappa shape index (κ3) is 10.7. The van der Waals surface area contributed by atoms with Crippen molar-refractivity contribution in [2.45, 2.75) is 84.4 Å². The molecule has 0 saturated carbocycles. The van der Waals surface area contributed by atoms with Crippen LogP contribution in [-0.4, -0.2) is 66.9 Å². The number of guanidine groups is 1. The van der Waals surface area contributed by atoms with Gasteiger partial charge in [0.25, 0.3) is 0 Å². The Labute approximate surface area is 188 Å². The van der Waals surface area contributed by atoms with E-state index < -0.39 is 17.2 Å². The molecule has 0 aromatic carbocycles. The number of alkyl carbamates (subject to hydrolysis) is 1. The van der Waals surface area contributed by atoms with E-state index in [1.807, 2.05) is 34.6 Å². The van der Waals surface area contributed by atoms with Crippen LogP contribution in [0.5, 0.6) is 0 Å². The molecule has 0 unspecified atom stereocenters. The molecule has 1 rings (SSSR count). The summed E-state index contributed by atoms with van der Waals surface area (Å²) < 4.78 is 5.34. The number of carbonyl (C=O) groups is 1. The largest absolute Gasteiger partial charge is 0.444 e. The Kier molecular flexibility index (Phi) is 11.1. The van der Waals surface area contributed by atoms with Gasteiger partial charge < -0.3 is 20.7 Å². The molecule has 0 atom stereocenters. The van der Waals surface area contributed by atoms with E-state index in [9.17, 15) is 4.79 Å². The summed E-state index contributed by atoms with van der Waals surface area (Å²) in [5.74, 6) is 0.735. The SMILES string of the molecule is CN=C(NCC(C)(C)NC(=O)OC(C)(C)C)NCC(C)(C)N1CCCCC1.I. The molecule has 1 aliphatic rings. The fraction of sp³-hybridized carbons (Fsp3) is 0.900. The van der Waals surface area contributed by atoms with Crippen molar-refractivity contribution in [3.05, 3.63) is 0 Å². The van der Waals surface area contributed by atoms with Gasteiger partial charge in [-0.15, -0.1) is 24.0 Å². The van der Waals surface area contributed by atoms with Crippen molar-refractivity contribution in [3.63, 3.8) is 0 Å². The first-order chi connectivity index (χ1) is 12.3. The van der Waals surface area contributed by atoms with Crippen molar-refractivity contribution in [3.8, 4) is 0 Å². The molecule has 3 N–H and O–H groups in total. The minimum absolute atomic E-state index is 0. The lowest BCUT2D eigenvalue weighted by Crippen LogP contribution is -2.57. The van der Waals surface area contributed by atoms with E-state index in [0.29, 0.717) is 6.54 Å². The third-order valence-corrected chi connectivity index (χ3v) is 4.66. The molecule has 0 spiro atoms. The van der Waals surface area contributed by atoms with Crippen molar-refractivity contribution in [1.29, 1.82) is 0 Å². The van der Waals surface area contributed by atoms with E-state index in [2.05, 4.69) is 39.7 Å². The van der Waals surface area contributed by atoms with Crippen molar-refractivity contribution in [2.75, 3.05) is 33.2 Å². The monoisotopic (exact) mass is 511 g/mol. The summed E-state index contributed by atoms with van der Waals surface area (Å²) >= 11 is 0. The lowest BCUT2D eigenvalue weighted by atomic mass is 9.98. The number of ether oxygens (including phenoxy) is 1. The van der Waals surface area contributed by atoms with Gasteiger partial charge in [0, 0.05) is 25.7 Å². The normalized spacial score (nSPS) is 16.8. The second-order valence-electron chi connectivity index (χ2n) is 9.65. The minimum Gasteiger partial charge on any atom is -0.444 e. The number of likely N-dealkylation sites (tertiary alicyclic amines) is 1. The van der Waals surface area contributed by atoms with Crippen LogP contribution in [0.2, 0.25) is 0 Å². The summed E-state index contributed by atoms with van der Waals surface area (Å²) in [7, 11) is 1.76. The second-order valence-corrected chi connectivity index (χ2v) is 9.65. The van der Waals surface area contributed by atoms with Gasteiger partial charge in [0.1, 0.15) is 5.60 Å². The Morgan fingerprint density at radius 2 is 1.50 bits per heavy atom. The number of nitrogens with zero attached hydrogens (tertiary/aromatic N) is 2. The lowest BCUT2D eigenvalue weighted by molar-refractivity contribution is 0.0474. The van der Waals surface area contributed by atoms with Gasteiger partial charge in [0.05, 0.1) is 5.54 Å². The number of rotatable bonds is 6. The zero-order chi connectivity index (χ0) is 20.7. The minimum atomic E-state index is -0.509. The molecule has 1 amide bonds. The summed E-state index contributed by atoms with van der Waals surface area (Å²) in [5, 5.41) is 9.63. The topological polar surface area (TPSA) is 78.0 Å². The molecule has 1 saturated heterocycles. The molecule has 7 nitrogen and oxygen atoms in total. The molecule has 1 aliphatic heterocycles. The number of hydrogen-bond acceptors (Lipinski definition) is 4. The smallest absolute Gasteiger partial charge is 0.408 e. The van der Waals surface area contributed by atoms with Gasteiger partial charge in [-0.2, -0.15) is 0 Å². The molecular weight excluding hydrogens is 469 g/mol. The highest BCUT2D eigenvalue weighted by atomic mass is 127. The molecule has 0 bridgehead atoms. The van der Waals surface area contributed by atoms with Crippen LogP contribution >= 0.6 is 24.0 Å². The quantitative estimate of drug-likeness (QED) is 0.290. The van der Waals surface area contributed by atoms with Gasteiger partial charge in [-0.05, 0) is 74.4 Å². The van der Waals surface area contributed by atoms with Crippen LogP contribution in [0.15, 0.2) is 4.99 Å². The van der Waals surface area contributed by atoms with Crippen LogP contribution in [0.25, 0.3) is 0 Å². The molecule has 0 aliphatic carbocycles. The van der Waals surface area contributed by atoms with Crippen LogP contribution < -0.4 is 16.0 Å². The molecule has 0 aromatic heterocycles. The Morgan fingerprint density at radius 1 is 0.964 bits per heavy atom. The molecule has 1 fully saturated rings. The second kappa shape index (κ2) is 11.4. The van der Waals surface area contributed by atoms with Crippen LogP contribution in [0.1, 0.15) is 67.7 Å². The van der Waals surface area contributed by atoms with E-state index >= 15 is 0 Å². The first-order valence-corrected chi connectivity index (χ1v) is 10.1. The van der Waals surface area contributed by atoms with Gasteiger partial charge >= 0.3 is 6.09 Å². The Bertz CT molecular complexity index is 509. The highest BCUT2D eigenvalue weighted by Gasteiger charge is 2.28. The van der Waals surface area contributed by atoms with Crippen LogP contribution in [-0.2, 0) is 4.74 Å². The molecule has 1 heterocycles. The molecular formula is C20H42IN5O2. The van der Waals surface area contributed by atoms with Crippen LogP contribution in [0.4, 0.5) is 4.79 Å². The highest BCUT2D eigenvalue weighted by molar-refractivity contribution is 14.0. The lowest BCUT2D eigenvalue weighted by Gasteiger charge is -2.41. The van der Waals surface area contributed by atoms with E-state index in [1.165, 1.54) is 19.3 Å². The number of nitrogens with one attached hydrogen (secondary N) is 3. The Morgan fingerprint density at radius 3 is 2.00 bits per heavy atom. The maximum Gasteiger partial charge on any atom is 0.408 e. The summed E-state index contributed by atoms with van der Waals surface area (Å²) in [6.45, 7) is 17.7. The fourth-order valence-corrected chi connectivity index (χ4v) is 3.06. The summed E-state index contributed by atoms with van der Waals surface area (Å²) in [4.78, 5) is 18.9. The summed E-state index contributed by atoms with van der Waals surface area (Å²) in [5.41, 5.74) is -0.907. The summed E-state index contributed by atoms with van der Waals surface area (Å²) in [6, 6.07) is 0. The molecule has 0 radical (unpaired) electrons. The van der Waals surface area contributed by atoms with Crippen molar-refractivity contribution in [2.24, 2.45) is 4.99 Å². The number of piperidine rings is 1. The van der Waals surface area contributed by atoms with Gasteiger partial charge in [0.2, 0.25) is 0 Å². The predicted octanol–water partition coefficient (Wildman–Crippen LogP) is 3.34. The number of aliphatic imine (C=N–C) groups is 1.